The summed E-state index contributed by atoms with van der Waals surface area (Å²) in [6, 6.07) is 6.65. The second kappa shape index (κ2) is 7.64. The first-order valence-corrected chi connectivity index (χ1v) is 8.73. The van der Waals surface area contributed by atoms with Gasteiger partial charge in [-0.3, -0.25) is 4.79 Å². The fraction of sp³-hybridized carbons (Fsp3) is 0.611. The molecule has 3 rings (SSSR count). The van der Waals surface area contributed by atoms with Gasteiger partial charge < -0.3 is 15.4 Å². The Kier molecular flexibility index (Phi) is 5.51. The maximum atomic E-state index is 12.4. The molecule has 138 valence electrons. The number of halogens is 3. The normalized spacial score (nSPS) is 26.1. The Morgan fingerprint density at radius 3 is 2.84 bits per heavy atom. The Bertz CT molecular complexity index is 592. The molecule has 1 aromatic carbocycles. The monoisotopic (exact) mass is 356 g/mol. The quantitative estimate of drug-likeness (QED) is 0.852. The summed E-state index contributed by atoms with van der Waals surface area (Å²) >= 11 is 0. The van der Waals surface area contributed by atoms with Gasteiger partial charge in [0.2, 0.25) is 5.91 Å². The van der Waals surface area contributed by atoms with E-state index in [0.29, 0.717) is 17.5 Å². The summed E-state index contributed by atoms with van der Waals surface area (Å²) in [5.41, 5.74) is 0.712. The molecule has 1 aliphatic heterocycles. The molecular weight excluding hydrogens is 333 g/mol. The number of hydrogen-bond donors (Lipinski definition) is 2. The number of ether oxygens (including phenoxy) is 1. The van der Waals surface area contributed by atoms with Gasteiger partial charge in [-0.1, -0.05) is 25.0 Å². The molecule has 2 N–H and O–H groups in total. The minimum Gasteiger partial charge on any atom is -0.484 e. The van der Waals surface area contributed by atoms with Crippen LogP contribution >= 0.6 is 0 Å². The molecule has 2 aliphatic rings. The van der Waals surface area contributed by atoms with E-state index in [-0.39, 0.29) is 24.2 Å². The Morgan fingerprint density at radius 2 is 2.08 bits per heavy atom. The van der Waals surface area contributed by atoms with Gasteiger partial charge in [0, 0.05) is 12.6 Å². The number of fused-ring (bicyclic) bond motifs is 1. The van der Waals surface area contributed by atoms with Gasteiger partial charge in [0.15, 0.2) is 6.61 Å². The molecule has 0 aromatic heterocycles. The second-order valence-electron chi connectivity index (χ2n) is 6.88. The lowest BCUT2D eigenvalue weighted by molar-refractivity contribution is -0.153. The van der Waals surface area contributed by atoms with Gasteiger partial charge in [0.1, 0.15) is 5.75 Å². The first-order valence-electron chi connectivity index (χ1n) is 8.73. The molecule has 7 heteroatoms. The lowest BCUT2D eigenvalue weighted by atomic mass is 9.85. The zero-order chi connectivity index (χ0) is 17.9. The fourth-order valence-corrected chi connectivity index (χ4v) is 3.74. The summed E-state index contributed by atoms with van der Waals surface area (Å²) in [5, 5.41) is 6.29. The molecule has 4 nitrogen and oxygen atoms in total. The first kappa shape index (κ1) is 18.0. The molecule has 1 saturated heterocycles. The molecule has 0 radical (unpaired) electrons. The van der Waals surface area contributed by atoms with Gasteiger partial charge in [0.25, 0.3) is 0 Å². The summed E-state index contributed by atoms with van der Waals surface area (Å²) < 4.78 is 41.3. The van der Waals surface area contributed by atoms with Crippen molar-refractivity contribution in [3.05, 3.63) is 29.8 Å². The van der Waals surface area contributed by atoms with E-state index in [1.807, 2.05) is 0 Å². The highest BCUT2D eigenvalue weighted by atomic mass is 19.4. The van der Waals surface area contributed by atoms with Crippen LogP contribution in [-0.4, -0.2) is 30.8 Å². The van der Waals surface area contributed by atoms with Crippen LogP contribution in [0.2, 0.25) is 0 Å². The predicted octanol–water partition coefficient (Wildman–Crippen LogP) is 3.16. The molecule has 1 heterocycles. The summed E-state index contributed by atoms with van der Waals surface area (Å²) in [6.07, 6.45) is 1.27. The molecular formula is C18H23F3N2O2. The van der Waals surface area contributed by atoms with E-state index in [9.17, 15) is 18.0 Å². The van der Waals surface area contributed by atoms with Crippen LogP contribution in [-0.2, 0) is 11.3 Å². The van der Waals surface area contributed by atoms with Crippen molar-refractivity contribution in [1.29, 1.82) is 0 Å². The van der Waals surface area contributed by atoms with Crippen LogP contribution in [0.15, 0.2) is 24.3 Å². The van der Waals surface area contributed by atoms with Gasteiger partial charge in [-0.2, -0.15) is 13.2 Å². The lowest BCUT2D eigenvalue weighted by Gasteiger charge is -2.24. The van der Waals surface area contributed by atoms with Crippen LogP contribution < -0.4 is 15.4 Å². The number of rotatable bonds is 5. The summed E-state index contributed by atoms with van der Waals surface area (Å²) in [6.45, 7) is -1.05. The van der Waals surface area contributed by atoms with Crippen molar-refractivity contribution in [2.75, 3.05) is 6.61 Å². The van der Waals surface area contributed by atoms with E-state index < -0.39 is 12.8 Å². The van der Waals surface area contributed by atoms with Crippen molar-refractivity contribution in [2.24, 2.45) is 5.92 Å². The molecule has 1 saturated carbocycles. The number of hydrogen-bond acceptors (Lipinski definition) is 3. The van der Waals surface area contributed by atoms with Crippen LogP contribution in [0.5, 0.6) is 5.75 Å². The van der Waals surface area contributed by atoms with Crippen LogP contribution in [0.4, 0.5) is 13.2 Å². The minimum absolute atomic E-state index is 0.0454. The highest BCUT2D eigenvalue weighted by Crippen LogP contribution is 2.33. The third-order valence-electron chi connectivity index (χ3n) is 4.95. The molecule has 1 aromatic rings. The Morgan fingerprint density at radius 1 is 1.28 bits per heavy atom. The van der Waals surface area contributed by atoms with E-state index >= 15 is 0 Å². The third kappa shape index (κ3) is 5.11. The number of nitrogens with one attached hydrogen (secondary N) is 2. The largest absolute Gasteiger partial charge is 0.484 e. The smallest absolute Gasteiger partial charge is 0.422 e. The van der Waals surface area contributed by atoms with Crippen molar-refractivity contribution < 1.29 is 22.7 Å². The molecule has 25 heavy (non-hydrogen) atoms. The maximum Gasteiger partial charge on any atom is 0.422 e. The molecule has 1 amide bonds. The Labute approximate surface area is 145 Å². The Hall–Kier alpha value is -1.76. The van der Waals surface area contributed by atoms with Gasteiger partial charge in [-0.15, -0.1) is 0 Å². The lowest BCUT2D eigenvalue weighted by Crippen LogP contribution is -2.42. The summed E-state index contributed by atoms with van der Waals surface area (Å²) in [5.74, 6) is 0.689. The van der Waals surface area contributed by atoms with Crippen LogP contribution in [0.25, 0.3) is 0 Å². The highest BCUT2D eigenvalue weighted by Gasteiger charge is 2.38. The average molecular weight is 356 g/mol. The third-order valence-corrected chi connectivity index (χ3v) is 4.95. The number of amides is 1. The van der Waals surface area contributed by atoms with E-state index in [0.717, 1.165) is 12.8 Å². The standard InChI is InChI=1S/C18H23F3N2O2/c19-18(20,21)11-25-14-6-3-4-12(8-14)10-22-17(24)16-9-13-5-1-2-7-15(13)23-16/h3-4,6,8,13,15-16,23H,1-2,5,7,9-11H2,(H,22,24). The van der Waals surface area contributed by atoms with Crippen molar-refractivity contribution in [2.45, 2.75) is 56.9 Å². The van der Waals surface area contributed by atoms with Gasteiger partial charge >= 0.3 is 6.18 Å². The van der Waals surface area contributed by atoms with E-state index in [1.54, 1.807) is 12.1 Å². The number of carbonyl (C=O) groups is 1. The SMILES string of the molecule is O=C(NCc1cccc(OCC(F)(F)F)c1)C1CC2CCCCC2N1. The topological polar surface area (TPSA) is 50.4 Å². The maximum absolute atomic E-state index is 12.4. The van der Waals surface area contributed by atoms with Gasteiger partial charge in [-0.25, -0.2) is 0 Å². The molecule has 3 unspecified atom stereocenters. The molecule has 0 spiro atoms. The molecule has 2 fully saturated rings. The van der Waals surface area contributed by atoms with Crippen LogP contribution in [0.3, 0.4) is 0 Å². The molecule has 0 bridgehead atoms. The average Bonchev–Trinajstić information content (AvgIpc) is 3.02. The van der Waals surface area contributed by atoms with Crippen LogP contribution in [0, 0.1) is 5.92 Å². The number of alkyl halides is 3. The van der Waals surface area contributed by atoms with Crippen molar-refractivity contribution >= 4 is 5.91 Å². The van der Waals surface area contributed by atoms with Crippen molar-refractivity contribution in [1.82, 2.24) is 10.6 Å². The van der Waals surface area contributed by atoms with E-state index in [1.165, 1.54) is 31.4 Å². The van der Waals surface area contributed by atoms with Gasteiger partial charge in [-0.05, 0) is 42.9 Å². The van der Waals surface area contributed by atoms with Crippen molar-refractivity contribution in [3.8, 4) is 5.75 Å². The summed E-state index contributed by atoms with van der Waals surface area (Å²) in [4.78, 5) is 12.4. The number of carbonyl (C=O) groups excluding carboxylic acids is 1. The molecule has 1 aliphatic carbocycles. The number of benzene rings is 1. The van der Waals surface area contributed by atoms with E-state index in [4.69, 9.17) is 4.74 Å². The fourth-order valence-electron chi connectivity index (χ4n) is 3.74. The first-order chi connectivity index (χ1) is 11.9. The minimum atomic E-state index is -4.37. The highest BCUT2D eigenvalue weighted by molar-refractivity contribution is 5.82. The molecule has 3 atom stereocenters. The Balaban J connectivity index is 1.49. The van der Waals surface area contributed by atoms with Gasteiger partial charge in [0.05, 0.1) is 6.04 Å². The van der Waals surface area contributed by atoms with Crippen molar-refractivity contribution in [3.63, 3.8) is 0 Å². The zero-order valence-corrected chi connectivity index (χ0v) is 13.9. The van der Waals surface area contributed by atoms with E-state index in [2.05, 4.69) is 10.6 Å². The summed E-state index contributed by atoms with van der Waals surface area (Å²) in [7, 11) is 0. The second-order valence-corrected chi connectivity index (χ2v) is 6.88. The predicted molar refractivity (Wildman–Crippen MR) is 87.1 cm³/mol. The zero-order valence-electron chi connectivity index (χ0n) is 13.9. The van der Waals surface area contributed by atoms with Crippen LogP contribution in [0.1, 0.15) is 37.7 Å².